The Morgan fingerprint density at radius 1 is 0.921 bits per heavy atom. The summed E-state index contributed by atoms with van der Waals surface area (Å²) in [4.78, 5) is 2.24. The van der Waals surface area contributed by atoms with E-state index in [0.717, 1.165) is 59.6 Å². The summed E-state index contributed by atoms with van der Waals surface area (Å²) in [7, 11) is 3.26. The van der Waals surface area contributed by atoms with Crippen molar-refractivity contribution in [2.75, 3.05) is 27.6 Å². The third kappa shape index (κ3) is 4.35. The molecule has 8 heteroatoms. The van der Waals surface area contributed by atoms with Gasteiger partial charge in [-0.1, -0.05) is 71.2 Å². The van der Waals surface area contributed by atoms with Crippen molar-refractivity contribution in [3.63, 3.8) is 0 Å². The number of methoxy groups -OCH3 is 2. The molecule has 0 fully saturated rings. The van der Waals surface area contributed by atoms with Gasteiger partial charge in [0.25, 0.3) is 0 Å². The normalized spacial score (nSPS) is 17.6. The quantitative estimate of drug-likeness (QED) is 0.284. The Hall–Kier alpha value is -2.73. The SMILES string of the molecule is COc1ccc2c(c1OC)[C@H](C(Cl)(Cl)Cl)N1CCc3cc4c(cc3C1=C2CCCc1ccccc1)OCO4. The highest BCUT2D eigenvalue weighted by molar-refractivity contribution is 6.68. The first-order chi connectivity index (χ1) is 18.4. The fraction of sp³-hybridized carbons (Fsp3) is 0.333. The predicted molar refractivity (Wildman–Crippen MR) is 152 cm³/mol. The van der Waals surface area contributed by atoms with Gasteiger partial charge in [0.1, 0.15) is 6.04 Å². The minimum atomic E-state index is -1.62. The lowest BCUT2D eigenvalue weighted by atomic mass is 9.80. The third-order valence-electron chi connectivity index (χ3n) is 7.59. The summed E-state index contributed by atoms with van der Waals surface area (Å²) in [6.07, 6.45) is 3.54. The van der Waals surface area contributed by atoms with Crippen LogP contribution in [0.3, 0.4) is 0 Å². The largest absolute Gasteiger partial charge is 0.493 e. The van der Waals surface area contributed by atoms with Crippen LogP contribution in [0.2, 0.25) is 0 Å². The van der Waals surface area contributed by atoms with E-state index in [1.807, 2.05) is 12.1 Å². The van der Waals surface area contributed by atoms with Gasteiger partial charge in [-0.15, -0.1) is 0 Å². The second kappa shape index (κ2) is 10.1. The molecule has 0 saturated carbocycles. The second-order valence-corrected chi connectivity index (χ2v) is 12.0. The van der Waals surface area contributed by atoms with E-state index in [4.69, 9.17) is 53.8 Å². The molecule has 1 atom stereocenters. The van der Waals surface area contributed by atoms with E-state index >= 15 is 0 Å². The average Bonchev–Trinajstić information content (AvgIpc) is 3.37. The second-order valence-electron chi connectivity index (χ2n) is 9.68. The van der Waals surface area contributed by atoms with Gasteiger partial charge < -0.3 is 23.8 Å². The van der Waals surface area contributed by atoms with Gasteiger partial charge in [0.2, 0.25) is 10.6 Å². The summed E-state index contributed by atoms with van der Waals surface area (Å²) in [5.41, 5.74) is 7.74. The van der Waals surface area contributed by atoms with Crippen LogP contribution in [0.25, 0.3) is 11.3 Å². The fourth-order valence-electron chi connectivity index (χ4n) is 5.99. The van der Waals surface area contributed by atoms with Gasteiger partial charge in [0.15, 0.2) is 23.0 Å². The molecule has 3 aromatic carbocycles. The number of nitrogens with zero attached hydrogens (tertiary/aromatic N) is 1. The first-order valence-corrected chi connectivity index (χ1v) is 13.8. The van der Waals surface area contributed by atoms with Gasteiger partial charge in [-0.3, -0.25) is 0 Å². The molecule has 5 nitrogen and oxygen atoms in total. The molecule has 0 unspecified atom stereocenters. The summed E-state index contributed by atoms with van der Waals surface area (Å²) in [6, 6.07) is 18.2. The van der Waals surface area contributed by atoms with Crippen molar-refractivity contribution in [2.24, 2.45) is 0 Å². The highest BCUT2D eigenvalue weighted by atomic mass is 35.6. The Bertz CT molecular complexity index is 1400. The number of rotatable bonds is 6. The molecular formula is C30H28Cl3NO4. The lowest BCUT2D eigenvalue weighted by molar-refractivity contribution is 0.174. The standard InChI is InChI=1S/C30H28Cl3NO4/c1-35-23-12-11-20-21(10-6-9-18-7-4-3-5-8-18)27-22-16-25-24(37-17-38-25)15-19(22)13-14-34(27)29(30(31,32)33)26(20)28(23)36-2/h3-5,7-8,11-12,15-16,29H,6,9-10,13-14,17H2,1-2H3/t29-/m1/s1. The van der Waals surface area contributed by atoms with E-state index < -0.39 is 9.83 Å². The third-order valence-corrected chi connectivity index (χ3v) is 8.21. The zero-order chi connectivity index (χ0) is 26.4. The number of hydrogen-bond donors (Lipinski definition) is 0. The Balaban J connectivity index is 1.56. The van der Waals surface area contributed by atoms with Crippen LogP contribution in [0.1, 0.15) is 46.7 Å². The van der Waals surface area contributed by atoms with Crippen LogP contribution in [0.5, 0.6) is 23.0 Å². The predicted octanol–water partition coefficient (Wildman–Crippen LogP) is 7.61. The number of allylic oxidation sites excluding steroid dienone is 1. The number of hydrogen-bond acceptors (Lipinski definition) is 5. The van der Waals surface area contributed by atoms with Crippen LogP contribution in [0, 0.1) is 0 Å². The number of halogens is 3. The number of benzene rings is 3. The number of ether oxygens (including phenoxy) is 4. The van der Waals surface area contributed by atoms with Crippen LogP contribution in [-0.2, 0) is 12.8 Å². The van der Waals surface area contributed by atoms with Gasteiger partial charge >= 0.3 is 0 Å². The number of fused-ring (bicyclic) bond motifs is 5. The zero-order valence-electron chi connectivity index (χ0n) is 21.2. The average molecular weight is 573 g/mol. The van der Waals surface area contributed by atoms with Gasteiger partial charge in [0, 0.05) is 23.4 Å². The minimum Gasteiger partial charge on any atom is -0.493 e. The first-order valence-electron chi connectivity index (χ1n) is 12.7. The maximum absolute atomic E-state index is 6.76. The monoisotopic (exact) mass is 571 g/mol. The van der Waals surface area contributed by atoms with Crippen LogP contribution >= 0.6 is 34.8 Å². The molecule has 0 spiro atoms. The van der Waals surface area contributed by atoms with Crippen molar-refractivity contribution in [2.45, 2.75) is 35.5 Å². The highest BCUT2D eigenvalue weighted by Crippen LogP contribution is 2.59. The maximum Gasteiger partial charge on any atom is 0.231 e. The van der Waals surface area contributed by atoms with E-state index in [-0.39, 0.29) is 6.79 Å². The van der Waals surface area contributed by atoms with Crippen LogP contribution in [0.15, 0.2) is 54.6 Å². The number of alkyl halides is 3. The van der Waals surface area contributed by atoms with Gasteiger partial charge in [-0.25, -0.2) is 0 Å². The first kappa shape index (κ1) is 25.5. The molecule has 0 N–H and O–H groups in total. The van der Waals surface area contributed by atoms with Gasteiger partial charge in [-0.2, -0.15) is 0 Å². The molecule has 3 heterocycles. The van der Waals surface area contributed by atoms with Crippen molar-refractivity contribution >= 4 is 46.1 Å². The molecule has 0 radical (unpaired) electrons. The van der Waals surface area contributed by atoms with Gasteiger partial charge in [-0.05, 0) is 66.1 Å². The summed E-state index contributed by atoms with van der Waals surface area (Å²) in [6.45, 7) is 0.907. The maximum atomic E-state index is 6.76. The molecule has 3 aliphatic heterocycles. The van der Waals surface area contributed by atoms with Crippen molar-refractivity contribution < 1.29 is 18.9 Å². The fourth-order valence-corrected chi connectivity index (χ4v) is 6.67. The van der Waals surface area contributed by atoms with Crippen molar-refractivity contribution in [1.82, 2.24) is 4.90 Å². The summed E-state index contributed by atoms with van der Waals surface area (Å²) in [5.74, 6) is 2.73. The van der Waals surface area contributed by atoms with E-state index in [1.54, 1.807) is 14.2 Å². The smallest absolute Gasteiger partial charge is 0.231 e. The molecule has 0 bridgehead atoms. The molecule has 3 aliphatic rings. The van der Waals surface area contributed by atoms with Gasteiger partial charge in [0.05, 0.1) is 14.2 Å². The molecular weight excluding hydrogens is 545 g/mol. The zero-order valence-corrected chi connectivity index (χ0v) is 23.5. The summed E-state index contributed by atoms with van der Waals surface area (Å²) in [5, 5.41) is 0. The molecule has 0 aliphatic carbocycles. The topological polar surface area (TPSA) is 40.2 Å². The van der Waals surface area contributed by atoms with E-state index in [1.165, 1.54) is 16.7 Å². The minimum absolute atomic E-state index is 0.224. The Morgan fingerprint density at radius 3 is 2.39 bits per heavy atom. The van der Waals surface area contributed by atoms with E-state index in [0.29, 0.717) is 18.0 Å². The van der Waals surface area contributed by atoms with E-state index in [9.17, 15) is 0 Å². The van der Waals surface area contributed by atoms with E-state index in [2.05, 4.69) is 47.4 Å². The Kier molecular flexibility index (Phi) is 6.79. The molecule has 3 aromatic rings. The summed E-state index contributed by atoms with van der Waals surface area (Å²) >= 11 is 20.3. The molecule has 0 aromatic heterocycles. The molecule has 38 heavy (non-hydrogen) atoms. The summed E-state index contributed by atoms with van der Waals surface area (Å²) < 4.78 is 21.4. The molecule has 0 saturated heterocycles. The van der Waals surface area contributed by atoms with Crippen molar-refractivity contribution in [1.29, 1.82) is 0 Å². The molecule has 0 amide bonds. The Morgan fingerprint density at radius 2 is 1.68 bits per heavy atom. The van der Waals surface area contributed by atoms with Crippen LogP contribution in [0.4, 0.5) is 0 Å². The number of aryl methyl sites for hydroxylation is 1. The lowest BCUT2D eigenvalue weighted by Crippen LogP contribution is -2.42. The lowest BCUT2D eigenvalue weighted by Gasteiger charge is -2.47. The van der Waals surface area contributed by atoms with Crippen molar-refractivity contribution in [3.05, 3.63) is 82.4 Å². The van der Waals surface area contributed by atoms with Crippen molar-refractivity contribution in [3.8, 4) is 23.0 Å². The molecule has 6 rings (SSSR count). The Labute approximate surface area is 237 Å². The van der Waals surface area contributed by atoms with Crippen LogP contribution < -0.4 is 18.9 Å². The highest BCUT2D eigenvalue weighted by Gasteiger charge is 2.48. The van der Waals surface area contributed by atoms with Crippen LogP contribution in [-0.4, -0.2) is 36.2 Å². The molecule has 198 valence electrons.